The van der Waals surface area contributed by atoms with Crippen LogP contribution in [0.1, 0.15) is 20.7 Å². The van der Waals surface area contributed by atoms with Gasteiger partial charge in [0.05, 0.1) is 18.2 Å². The summed E-state index contributed by atoms with van der Waals surface area (Å²) in [6.07, 6.45) is 6.15. The molecule has 1 amide bonds. The van der Waals surface area contributed by atoms with Crippen LogP contribution in [-0.4, -0.2) is 38.7 Å². The molecule has 9 nitrogen and oxygen atoms in total. The molecule has 0 radical (unpaired) electrons. The van der Waals surface area contributed by atoms with Gasteiger partial charge in [0, 0.05) is 36.2 Å². The van der Waals surface area contributed by atoms with Crippen molar-refractivity contribution in [2.24, 2.45) is 0 Å². The number of pyridine rings is 2. The van der Waals surface area contributed by atoms with Crippen LogP contribution < -0.4 is 10.9 Å². The molecule has 0 spiro atoms. The highest BCUT2D eigenvalue weighted by molar-refractivity contribution is 6.04. The lowest BCUT2D eigenvalue weighted by atomic mass is 10.1. The zero-order chi connectivity index (χ0) is 20.4. The zero-order valence-corrected chi connectivity index (χ0v) is 15.2. The molecule has 1 aromatic heterocycles. The van der Waals surface area contributed by atoms with Crippen LogP contribution in [0.4, 0.5) is 5.69 Å². The third-order valence-electron chi connectivity index (χ3n) is 4.29. The Balaban J connectivity index is 1.73. The predicted molar refractivity (Wildman–Crippen MR) is 104 cm³/mol. The Hall–Kier alpha value is -4.27. The van der Waals surface area contributed by atoms with Crippen molar-refractivity contribution in [3.05, 3.63) is 82.7 Å². The summed E-state index contributed by atoms with van der Waals surface area (Å²) in [5.41, 5.74) is 1.81. The van der Waals surface area contributed by atoms with Gasteiger partial charge in [-0.3, -0.25) is 14.6 Å². The fourth-order valence-electron chi connectivity index (χ4n) is 2.89. The van der Waals surface area contributed by atoms with Gasteiger partial charge in [-0.1, -0.05) is 6.07 Å². The van der Waals surface area contributed by atoms with Crippen LogP contribution in [0.15, 0.2) is 66.0 Å². The predicted octanol–water partition coefficient (Wildman–Crippen LogP) is 2.10. The number of esters is 1. The maximum Gasteiger partial charge on any atom is 0.341 e. The number of amides is 1. The lowest BCUT2D eigenvalue weighted by Gasteiger charge is -2.13. The second-order valence-electron chi connectivity index (χ2n) is 6.13. The smallest absolute Gasteiger partial charge is 0.341 e. The fourth-order valence-corrected chi connectivity index (χ4v) is 2.89. The van der Waals surface area contributed by atoms with E-state index in [1.165, 1.54) is 19.5 Å². The number of carbonyl (C=O) groups excluding carboxylic acids is 2. The number of nitrogens with one attached hydrogen (secondary N) is 2. The molecule has 2 aliphatic heterocycles. The number of aromatic nitrogens is 4. The second kappa shape index (κ2) is 7.39. The molecule has 2 N–H and O–H groups in total. The first-order valence-corrected chi connectivity index (χ1v) is 8.57. The zero-order valence-electron chi connectivity index (χ0n) is 15.2. The van der Waals surface area contributed by atoms with Crippen LogP contribution in [0.25, 0.3) is 16.9 Å². The van der Waals surface area contributed by atoms with E-state index in [-0.39, 0.29) is 22.7 Å². The lowest BCUT2D eigenvalue weighted by Crippen LogP contribution is -2.13. The quantitative estimate of drug-likeness (QED) is 0.516. The molecule has 2 aromatic rings. The standard InChI is InChI=1S/C20H15N5O4/c1-29-20(28)16-11-25(10-15-17(16)23-24-19(15)27)14-6-2-5-13(8-14)22-18(26)12-4-3-7-21-9-12/h2-11H,1H3,(H,22,26)(H,24,27). The summed E-state index contributed by atoms with van der Waals surface area (Å²) in [6.45, 7) is 0. The van der Waals surface area contributed by atoms with Crippen molar-refractivity contribution in [2.75, 3.05) is 12.4 Å². The van der Waals surface area contributed by atoms with Crippen molar-refractivity contribution in [2.45, 2.75) is 0 Å². The lowest BCUT2D eigenvalue weighted by molar-refractivity contribution is 0.0600. The first kappa shape index (κ1) is 18.1. The Kier molecular flexibility index (Phi) is 4.62. The van der Waals surface area contributed by atoms with Crippen LogP contribution in [-0.2, 0) is 4.74 Å². The van der Waals surface area contributed by atoms with E-state index < -0.39 is 11.5 Å². The molecule has 0 bridgehead atoms. The van der Waals surface area contributed by atoms with Gasteiger partial charge in [0.25, 0.3) is 11.5 Å². The van der Waals surface area contributed by atoms with E-state index in [1.54, 1.807) is 53.4 Å². The van der Waals surface area contributed by atoms with Gasteiger partial charge in [-0.2, -0.15) is 5.10 Å². The fraction of sp³-hybridized carbons (Fsp3) is 0.0500. The molecule has 144 valence electrons. The molecule has 0 unspecified atom stereocenters. The first-order chi connectivity index (χ1) is 14.1. The Morgan fingerprint density at radius 2 is 2.03 bits per heavy atom. The molecule has 2 aliphatic rings. The molecule has 0 saturated carbocycles. The van der Waals surface area contributed by atoms with Gasteiger partial charge in [-0.25, -0.2) is 9.89 Å². The third-order valence-corrected chi connectivity index (χ3v) is 4.29. The van der Waals surface area contributed by atoms with Gasteiger partial charge < -0.3 is 14.6 Å². The normalized spacial score (nSPS) is 10.7. The highest BCUT2D eigenvalue weighted by atomic mass is 16.5. The second-order valence-corrected chi connectivity index (χ2v) is 6.13. The monoisotopic (exact) mass is 389 g/mol. The summed E-state index contributed by atoms with van der Waals surface area (Å²) in [5, 5.41) is 9.03. The first-order valence-electron chi connectivity index (χ1n) is 8.57. The van der Waals surface area contributed by atoms with Crippen molar-refractivity contribution in [3.8, 4) is 16.9 Å². The Morgan fingerprint density at radius 3 is 2.79 bits per heavy atom. The van der Waals surface area contributed by atoms with E-state index in [0.717, 1.165) is 0 Å². The number of ether oxygens (including phenoxy) is 1. The van der Waals surface area contributed by atoms with Gasteiger partial charge in [-0.15, -0.1) is 0 Å². The number of carbonyl (C=O) groups is 2. The molecular formula is C20H15N5O4. The summed E-state index contributed by atoms with van der Waals surface area (Å²) < 4.78 is 6.40. The van der Waals surface area contributed by atoms with Crippen LogP contribution in [0, 0.1) is 0 Å². The SMILES string of the molecule is COC(=O)c1cn(-c2cccc(NC(=O)c3cccnc3)c2)cc2c(=O)[nH]nc1-2. The van der Waals surface area contributed by atoms with Crippen LogP contribution in [0.2, 0.25) is 0 Å². The summed E-state index contributed by atoms with van der Waals surface area (Å²) in [6, 6.07) is 10.3. The molecular weight excluding hydrogens is 374 g/mol. The van der Waals surface area contributed by atoms with Crippen LogP contribution in [0.3, 0.4) is 0 Å². The van der Waals surface area contributed by atoms with E-state index in [4.69, 9.17) is 4.74 Å². The number of nitrogens with zero attached hydrogens (tertiary/aromatic N) is 3. The van der Waals surface area contributed by atoms with E-state index in [0.29, 0.717) is 16.9 Å². The average Bonchev–Trinajstić information content (AvgIpc) is 3.14. The molecule has 9 heteroatoms. The summed E-state index contributed by atoms with van der Waals surface area (Å²) in [7, 11) is 1.25. The molecule has 0 atom stereocenters. The minimum atomic E-state index is -0.614. The minimum absolute atomic E-state index is 0.146. The number of hydrogen-bond donors (Lipinski definition) is 2. The Bertz CT molecular complexity index is 1230. The van der Waals surface area contributed by atoms with Gasteiger partial charge in [-0.05, 0) is 30.3 Å². The molecule has 0 saturated heterocycles. The van der Waals surface area contributed by atoms with Crippen LogP contribution in [0.5, 0.6) is 0 Å². The van der Waals surface area contributed by atoms with Gasteiger partial charge in [0.1, 0.15) is 11.3 Å². The van der Waals surface area contributed by atoms with Crippen molar-refractivity contribution in [3.63, 3.8) is 0 Å². The summed E-state index contributed by atoms with van der Waals surface area (Å²) in [4.78, 5) is 40.5. The van der Waals surface area contributed by atoms with E-state index in [1.807, 2.05) is 0 Å². The van der Waals surface area contributed by atoms with E-state index >= 15 is 0 Å². The van der Waals surface area contributed by atoms with Gasteiger partial charge >= 0.3 is 5.97 Å². The maximum atomic E-state index is 12.4. The van der Waals surface area contributed by atoms with Crippen molar-refractivity contribution < 1.29 is 14.3 Å². The maximum absolute atomic E-state index is 12.4. The number of methoxy groups -OCH3 is 1. The van der Waals surface area contributed by atoms with Crippen LogP contribution >= 0.6 is 0 Å². The van der Waals surface area contributed by atoms with Crippen molar-refractivity contribution in [1.82, 2.24) is 19.7 Å². The molecule has 29 heavy (non-hydrogen) atoms. The third kappa shape index (κ3) is 3.48. The highest BCUT2D eigenvalue weighted by Gasteiger charge is 2.22. The number of hydrogen-bond acceptors (Lipinski definition) is 6. The number of aromatic amines is 1. The van der Waals surface area contributed by atoms with E-state index in [9.17, 15) is 14.4 Å². The molecule has 4 rings (SSSR count). The summed E-state index contributed by atoms with van der Waals surface area (Å²) in [5.74, 6) is -0.917. The average molecular weight is 389 g/mol. The highest BCUT2D eigenvalue weighted by Crippen LogP contribution is 2.24. The minimum Gasteiger partial charge on any atom is -0.465 e. The van der Waals surface area contributed by atoms with Gasteiger partial charge in [0.2, 0.25) is 0 Å². The number of benzene rings is 1. The van der Waals surface area contributed by atoms with Crippen molar-refractivity contribution in [1.29, 1.82) is 0 Å². The topological polar surface area (TPSA) is 119 Å². The number of rotatable bonds is 4. The van der Waals surface area contributed by atoms with Gasteiger partial charge in [0.15, 0.2) is 0 Å². The molecule has 1 aromatic carbocycles. The number of anilines is 1. The summed E-state index contributed by atoms with van der Waals surface area (Å²) >= 11 is 0. The Labute approximate surface area is 164 Å². The largest absolute Gasteiger partial charge is 0.465 e. The van der Waals surface area contributed by atoms with Crippen molar-refractivity contribution >= 4 is 17.6 Å². The Morgan fingerprint density at radius 1 is 1.17 bits per heavy atom. The van der Waals surface area contributed by atoms with E-state index in [2.05, 4.69) is 20.5 Å². The molecule has 0 fully saturated rings. The number of H-pyrrole nitrogens is 1. The molecule has 3 heterocycles. The molecule has 0 aliphatic carbocycles. The number of fused-ring (bicyclic) bond motifs is 1.